The second-order valence-corrected chi connectivity index (χ2v) is 17.2. The minimum atomic E-state index is -0.456. The second-order valence-electron chi connectivity index (χ2n) is 16.2. The zero-order valence-corrected chi connectivity index (χ0v) is 33.8. The Kier molecular flexibility index (Phi) is 6.95. The highest BCUT2D eigenvalue weighted by Crippen LogP contribution is 2.42. The number of nitrogens with zero attached hydrogens (tertiary/aromatic N) is 3. The number of hydrogen-bond donors (Lipinski definition) is 1. The van der Waals surface area contributed by atoms with E-state index in [4.69, 9.17) is 18.8 Å². The zero-order valence-electron chi connectivity index (χ0n) is 33.0. The molecule has 0 amide bonds. The van der Waals surface area contributed by atoms with Crippen LogP contribution in [0.5, 0.6) is 0 Å². The highest BCUT2D eigenvalue weighted by Gasteiger charge is 2.26. The summed E-state index contributed by atoms with van der Waals surface area (Å²) in [5.74, 6) is 1.36. The summed E-state index contributed by atoms with van der Waals surface area (Å²) in [5, 5.41) is 15.4. The van der Waals surface area contributed by atoms with Gasteiger partial charge in [-0.2, -0.15) is 0 Å². The summed E-state index contributed by atoms with van der Waals surface area (Å²) in [6.45, 7) is 0. The number of amidine groups is 2. The monoisotopic (exact) mass is 812 g/mol. The lowest BCUT2D eigenvalue weighted by Gasteiger charge is -2.24. The molecular weight excluding hydrogens is 781 g/mol. The average molecular weight is 813 g/mol. The van der Waals surface area contributed by atoms with Gasteiger partial charge in [-0.3, -0.25) is 0 Å². The van der Waals surface area contributed by atoms with E-state index in [1.54, 1.807) is 11.3 Å². The van der Waals surface area contributed by atoms with Crippen molar-refractivity contribution in [3.8, 4) is 5.69 Å². The molecule has 0 radical (unpaired) electrons. The summed E-state index contributed by atoms with van der Waals surface area (Å²) in [6.07, 6.45) is -0.456. The Labute approximate surface area is 357 Å². The number of aromatic nitrogens is 1. The summed E-state index contributed by atoms with van der Waals surface area (Å²) in [5.41, 5.74) is 9.40. The Morgan fingerprint density at radius 1 is 0.468 bits per heavy atom. The van der Waals surface area contributed by atoms with Crippen molar-refractivity contribution in [1.29, 1.82) is 0 Å². The molecule has 1 unspecified atom stereocenters. The fourth-order valence-corrected chi connectivity index (χ4v) is 10.9. The molecule has 0 saturated heterocycles. The van der Waals surface area contributed by atoms with Crippen LogP contribution in [0.3, 0.4) is 0 Å². The maximum atomic E-state index is 6.76. The Morgan fingerprint density at radius 2 is 1.15 bits per heavy atom. The van der Waals surface area contributed by atoms with Crippen molar-refractivity contribution in [3.63, 3.8) is 0 Å². The number of aliphatic imine (C=N–C) groups is 2. The van der Waals surface area contributed by atoms with Crippen molar-refractivity contribution in [2.75, 3.05) is 0 Å². The van der Waals surface area contributed by atoms with Crippen LogP contribution in [0.1, 0.15) is 22.9 Å². The van der Waals surface area contributed by atoms with Gasteiger partial charge in [0.2, 0.25) is 0 Å². The van der Waals surface area contributed by atoms with Gasteiger partial charge >= 0.3 is 0 Å². The first-order valence-corrected chi connectivity index (χ1v) is 21.6. The Balaban J connectivity index is 1.01. The van der Waals surface area contributed by atoms with Crippen molar-refractivity contribution in [2.45, 2.75) is 6.17 Å². The molecule has 1 aliphatic heterocycles. The molecular formula is C55H32N4O2S. The third-order valence-electron chi connectivity index (χ3n) is 12.6. The van der Waals surface area contributed by atoms with Crippen molar-refractivity contribution in [2.24, 2.45) is 9.98 Å². The van der Waals surface area contributed by atoms with Gasteiger partial charge in [-0.25, -0.2) is 9.98 Å². The molecule has 0 bridgehead atoms. The van der Waals surface area contributed by atoms with Gasteiger partial charge in [-0.15, -0.1) is 11.3 Å². The lowest BCUT2D eigenvalue weighted by molar-refractivity contribution is 0.654. The summed E-state index contributed by atoms with van der Waals surface area (Å²) in [6, 6.07) is 64.4. The van der Waals surface area contributed by atoms with Gasteiger partial charge in [0.15, 0.2) is 5.84 Å². The highest BCUT2D eigenvalue weighted by atomic mass is 32.1. The van der Waals surface area contributed by atoms with E-state index in [1.165, 1.54) is 41.7 Å². The van der Waals surface area contributed by atoms with Crippen LogP contribution in [-0.4, -0.2) is 16.2 Å². The van der Waals surface area contributed by atoms with Crippen LogP contribution < -0.4 is 5.32 Å². The van der Waals surface area contributed by atoms with Gasteiger partial charge in [0.05, 0.1) is 22.1 Å². The number of thiophene rings is 1. The molecule has 5 heterocycles. The maximum Gasteiger partial charge on any atom is 0.159 e. The number of para-hydroxylation sites is 3. The molecule has 290 valence electrons. The SMILES string of the molecule is c1ccc2cc3c(cc2c1)c1ccccc1n3-c1cc(C2=NC(c3ccc4c(c3)sc3ccccc34)=NC(c3ccc4c(c3)oc3ccccc34)N2)cc2oc3ccccc3c12. The fourth-order valence-electron chi connectivity index (χ4n) is 9.73. The predicted octanol–water partition coefficient (Wildman–Crippen LogP) is 14.6. The number of hydrogen-bond acceptors (Lipinski definition) is 6. The molecule has 13 aromatic rings. The smallest absolute Gasteiger partial charge is 0.159 e. The molecule has 6 nitrogen and oxygen atoms in total. The summed E-state index contributed by atoms with van der Waals surface area (Å²) in [7, 11) is 0. The standard InChI is InChI=1S/C55H32N4O2S/c1-2-12-32-26-44-42(25-31(32)11-1)36-13-3-7-17-43(36)59(44)45-27-35(29-49-52(45)41-16-5-9-19-47(41)61-49)55-57-53(33-21-23-38-37-14-4-8-18-46(37)60-48(38)28-33)56-54(58-55)34-22-24-40-39-15-6-10-20-50(39)62-51(40)30-34/h1-30,53H,(H,56,57,58). The van der Waals surface area contributed by atoms with Crippen LogP contribution in [0.4, 0.5) is 0 Å². The molecule has 0 aliphatic carbocycles. The van der Waals surface area contributed by atoms with Crippen LogP contribution >= 0.6 is 11.3 Å². The molecule has 1 atom stereocenters. The lowest BCUT2D eigenvalue weighted by atomic mass is 10.0. The fraction of sp³-hybridized carbons (Fsp3) is 0.0182. The molecule has 4 aromatic heterocycles. The zero-order chi connectivity index (χ0) is 40.5. The third-order valence-corrected chi connectivity index (χ3v) is 13.7. The van der Waals surface area contributed by atoms with E-state index in [0.29, 0.717) is 11.7 Å². The van der Waals surface area contributed by atoms with Crippen LogP contribution in [0, 0.1) is 0 Å². The molecule has 0 fully saturated rings. The number of rotatable bonds is 4. The Bertz CT molecular complexity index is 4110. The number of benzene rings is 9. The van der Waals surface area contributed by atoms with E-state index in [-0.39, 0.29) is 0 Å². The van der Waals surface area contributed by atoms with Gasteiger partial charge in [-0.1, -0.05) is 121 Å². The topological polar surface area (TPSA) is 68.0 Å². The number of furan rings is 2. The quantitative estimate of drug-likeness (QED) is 0.192. The summed E-state index contributed by atoms with van der Waals surface area (Å²) >= 11 is 1.80. The molecule has 62 heavy (non-hydrogen) atoms. The minimum absolute atomic E-state index is 0.456. The summed E-state index contributed by atoms with van der Waals surface area (Å²) in [4.78, 5) is 10.7. The molecule has 1 N–H and O–H groups in total. The van der Waals surface area contributed by atoms with Crippen LogP contribution in [0.15, 0.2) is 201 Å². The van der Waals surface area contributed by atoms with E-state index in [0.717, 1.165) is 77.3 Å². The number of nitrogens with one attached hydrogen (secondary N) is 1. The van der Waals surface area contributed by atoms with E-state index < -0.39 is 6.17 Å². The van der Waals surface area contributed by atoms with Crippen molar-refractivity contribution in [1.82, 2.24) is 9.88 Å². The average Bonchev–Trinajstić information content (AvgIpc) is 4.08. The van der Waals surface area contributed by atoms with Crippen LogP contribution in [0.25, 0.3) is 102 Å². The van der Waals surface area contributed by atoms with Gasteiger partial charge in [0.1, 0.15) is 34.3 Å². The highest BCUT2D eigenvalue weighted by molar-refractivity contribution is 7.25. The molecule has 0 saturated carbocycles. The van der Waals surface area contributed by atoms with E-state index in [1.807, 2.05) is 24.3 Å². The molecule has 9 aromatic carbocycles. The number of fused-ring (bicyclic) bond motifs is 13. The van der Waals surface area contributed by atoms with Crippen molar-refractivity contribution in [3.05, 3.63) is 199 Å². The van der Waals surface area contributed by atoms with E-state index in [2.05, 4.69) is 168 Å². The maximum absolute atomic E-state index is 6.76. The van der Waals surface area contributed by atoms with Crippen molar-refractivity contribution >= 4 is 120 Å². The molecule has 0 spiro atoms. The van der Waals surface area contributed by atoms with Crippen LogP contribution in [0.2, 0.25) is 0 Å². The second kappa shape index (κ2) is 12.8. The normalized spacial score (nSPS) is 14.6. The molecule has 7 heteroatoms. The third kappa shape index (κ3) is 4.97. The van der Waals surface area contributed by atoms with Crippen LogP contribution in [-0.2, 0) is 0 Å². The van der Waals surface area contributed by atoms with Gasteiger partial charge in [0.25, 0.3) is 0 Å². The van der Waals surface area contributed by atoms with Crippen molar-refractivity contribution < 1.29 is 8.83 Å². The molecule has 14 rings (SSSR count). The predicted molar refractivity (Wildman–Crippen MR) is 258 cm³/mol. The lowest BCUT2D eigenvalue weighted by Crippen LogP contribution is -2.33. The van der Waals surface area contributed by atoms with E-state index in [9.17, 15) is 0 Å². The van der Waals surface area contributed by atoms with Gasteiger partial charge < -0.3 is 18.7 Å². The first-order valence-electron chi connectivity index (χ1n) is 20.8. The molecule has 1 aliphatic rings. The van der Waals surface area contributed by atoms with Gasteiger partial charge in [-0.05, 0) is 71.4 Å². The van der Waals surface area contributed by atoms with E-state index >= 15 is 0 Å². The Morgan fingerprint density at radius 3 is 2.03 bits per heavy atom. The first kappa shape index (κ1) is 33.8. The Hall–Kier alpha value is -8.00. The first-order chi connectivity index (χ1) is 30.7. The minimum Gasteiger partial charge on any atom is -0.456 e. The largest absolute Gasteiger partial charge is 0.456 e. The summed E-state index contributed by atoms with van der Waals surface area (Å²) < 4.78 is 18.0. The van der Waals surface area contributed by atoms with Gasteiger partial charge in [0, 0.05) is 63.8 Å².